The van der Waals surface area contributed by atoms with Crippen LogP contribution in [0, 0.1) is 0 Å². The maximum atomic E-state index is 12.4. The van der Waals surface area contributed by atoms with E-state index in [0.717, 1.165) is 5.56 Å². The Labute approximate surface area is 148 Å². The van der Waals surface area contributed by atoms with Gasteiger partial charge in [-0.3, -0.25) is 4.79 Å². The first-order chi connectivity index (χ1) is 12.8. The van der Waals surface area contributed by atoms with Gasteiger partial charge in [0.05, 0.1) is 12.7 Å². The van der Waals surface area contributed by atoms with E-state index in [-0.39, 0.29) is 12.5 Å². The second-order valence-electron chi connectivity index (χ2n) is 5.41. The van der Waals surface area contributed by atoms with E-state index < -0.39 is 0 Å². The zero-order valence-corrected chi connectivity index (χ0v) is 13.6. The van der Waals surface area contributed by atoms with E-state index in [9.17, 15) is 4.79 Å². The molecule has 128 valence electrons. The number of nitrogens with zero attached hydrogens (tertiary/aromatic N) is 5. The van der Waals surface area contributed by atoms with Crippen molar-refractivity contribution in [1.82, 2.24) is 30.0 Å². The third-order valence-electron chi connectivity index (χ3n) is 3.67. The Hall–Kier alpha value is -3.81. The molecule has 0 saturated carbocycles. The molecule has 0 aliphatic heterocycles. The number of pyridine rings is 1. The van der Waals surface area contributed by atoms with Gasteiger partial charge in [0.25, 0.3) is 5.91 Å². The highest BCUT2D eigenvalue weighted by Gasteiger charge is 2.11. The molecule has 0 saturated heterocycles. The van der Waals surface area contributed by atoms with E-state index in [1.165, 1.54) is 17.3 Å². The standard InChI is InChI=1S/C18H14N6O2/c25-18(14-6-7-20-16(8-14)24-12-19-11-23-24)22-10-17-21-9-15(26-17)13-4-2-1-3-5-13/h1-9,11-12H,10H2,(H,22,25). The number of carbonyl (C=O) groups is 1. The van der Waals surface area contributed by atoms with E-state index in [0.29, 0.717) is 23.0 Å². The van der Waals surface area contributed by atoms with Gasteiger partial charge in [0.15, 0.2) is 11.6 Å². The molecular formula is C18H14N6O2. The lowest BCUT2D eigenvalue weighted by Crippen LogP contribution is -2.23. The van der Waals surface area contributed by atoms with E-state index in [1.807, 2.05) is 30.3 Å². The highest BCUT2D eigenvalue weighted by atomic mass is 16.4. The third-order valence-corrected chi connectivity index (χ3v) is 3.67. The molecule has 0 atom stereocenters. The van der Waals surface area contributed by atoms with Crippen molar-refractivity contribution < 1.29 is 9.21 Å². The van der Waals surface area contributed by atoms with Crippen molar-refractivity contribution in [2.75, 3.05) is 0 Å². The van der Waals surface area contributed by atoms with Crippen molar-refractivity contribution in [2.24, 2.45) is 0 Å². The van der Waals surface area contributed by atoms with Crippen LogP contribution in [0.1, 0.15) is 16.2 Å². The summed E-state index contributed by atoms with van der Waals surface area (Å²) in [5.41, 5.74) is 1.39. The number of amides is 1. The fourth-order valence-electron chi connectivity index (χ4n) is 2.40. The average molecular weight is 346 g/mol. The summed E-state index contributed by atoms with van der Waals surface area (Å²) in [5, 5.41) is 6.78. The van der Waals surface area contributed by atoms with Crippen LogP contribution in [-0.4, -0.2) is 30.6 Å². The zero-order chi connectivity index (χ0) is 17.8. The Bertz CT molecular complexity index is 1010. The molecular weight excluding hydrogens is 332 g/mol. The van der Waals surface area contributed by atoms with Crippen molar-refractivity contribution in [3.05, 3.63) is 79.0 Å². The minimum atomic E-state index is -0.256. The molecule has 0 bridgehead atoms. The van der Waals surface area contributed by atoms with Gasteiger partial charge in [0.2, 0.25) is 5.89 Å². The summed E-state index contributed by atoms with van der Waals surface area (Å²) >= 11 is 0. The Morgan fingerprint density at radius 3 is 2.85 bits per heavy atom. The van der Waals surface area contributed by atoms with Crippen LogP contribution in [0.5, 0.6) is 0 Å². The van der Waals surface area contributed by atoms with Crippen LogP contribution >= 0.6 is 0 Å². The minimum absolute atomic E-state index is 0.187. The number of aromatic nitrogens is 5. The van der Waals surface area contributed by atoms with Gasteiger partial charge in [-0.2, -0.15) is 5.10 Å². The fourth-order valence-corrected chi connectivity index (χ4v) is 2.40. The summed E-state index contributed by atoms with van der Waals surface area (Å²) in [4.78, 5) is 24.6. The highest BCUT2D eigenvalue weighted by Crippen LogP contribution is 2.19. The van der Waals surface area contributed by atoms with Crippen LogP contribution in [0.4, 0.5) is 0 Å². The van der Waals surface area contributed by atoms with Gasteiger partial charge in [0, 0.05) is 17.3 Å². The summed E-state index contributed by atoms with van der Waals surface area (Å²) < 4.78 is 7.16. The number of hydrogen-bond acceptors (Lipinski definition) is 6. The number of rotatable bonds is 5. The Kier molecular flexibility index (Phi) is 4.21. The number of benzene rings is 1. The maximum Gasteiger partial charge on any atom is 0.251 e. The van der Waals surface area contributed by atoms with Gasteiger partial charge < -0.3 is 9.73 Å². The van der Waals surface area contributed by atoms with Crippen molar-refractivity contribution in [3.8, 4) is 17.1 Å². The zero-order valence-electron chi connectivity index (χ0n) is 13.6. The molecule has 4 aromatic rings. The van der Waals surface area contributed by atoms with Crippen LogP contribution in [0.2, 0.25) is 0 Å². The highest BCUT2D eigenvalue weighted by molar-refractivity contribution is 5.94. The quantitative estimate of drug-likeness (QED) is 0.595. The largest absolute Gasteiger partial charge is 0.439 e. The van der Waals surface area contributed by atoms with E-state index in [4.69, 9.17) is 4.42 Å². The summed E-state index contributed by atoms with van der Waals surface area (Å²) in [6.07, 6.45) is 6.11. The average Bonchev–Trinajstić information content (AvgIpc) is 3.39. The van der Waals surface area contributed by atoms with Gasteiger partial charge in [-0.15, -0.1) is 0 Å². The SMILES string of the molecule is O=C(NCc1ncc(-c2ccccc2)o1)c1ccnc(-n2cncn2)c1. The van der Waals surface area contributed by atoms with Crippen molar-refractivity contribution >= 4 is 5.91 Å². The number of oxazole rings is 1. The summed E-state index contributed by atoms with van der Waals surface area (Å²) in [6.45, 7) is 0.187. The van der Waals surface area contributed by atoms with E-state index in [2.05, 4.69) is 25.4 Å². The molecule has 4 rings (SSSR count). The van der Waals surface area contributed by atoms with E-state index >= 15 is 0 Å². The van der Waals surface area contributed by atoms with Crippen LogP contribution in [0.25, 0.3) is 17.1 Å². The summed E-state index contributed by atoms with van der Waals surface area (Å²) in [5.74, 6) is 1.35. The molecule has 0 aliphatic carbocycles. The number of nitrogens with one attached hydrogen (secondary N) is 1. The fraction of sp³-hybridized carbons (Fsp3) is 0.0556. The van der Waals surface area contributed by atoms with Crippen molar-refractivity contribution in [1.29, 1.82) is 0 Å². The Balaban J connectivity index is 1.43. The molecule has 8 heteroatoms. The molecule has 26 heavy (non-hydrogen) atoms. The van der Waals surface area contributed by atoms with Gasteiger partial charge in [-0.25, -0.2) is 19.6 Å². The monoisotopic (exact) mass is 346 g/mol. The lowest BCUT2D eigenvalue weighted by Gasteiger charge is -2.05. The van der Waals surface area contributed by atoms with Crippen LogP contribution in [0.3, 0.4) is 0 Å². The Morgan fingerprint density at radius 2 is 2.04 bits per heavy atom. The lowest BCUT2D eigenvalue weighted by atomic mass is 10.2. The maximum absolute atomic E-state index is 12.4. The summed E-state index contributed by atoms with van der Waals surface area (Å²) in [6, 6.07) is 12.9. The number of carbonyl (C=O) groups excluding carboxylic acids is 1. The lowest BCUT2D eigenvalue weighted by molar-refractivity contribution is 0.0947. The summed E-state index contributed by atoms with van der Waals surface area (Å²) in [7, 11) is 0. The predicted molar refractivity (Wildman–Crippen MR) is 92.3 cm³/mol. The molecule has 0 spiro atoms. The second kappa shape index (κ2) is 6.98. The van der Waals surface area contributed by atoms with Crippen LogP contribution < -0.4 is 5.32 Å². The molecule has 1 aromatic carbocycles. The topological polar surface area (TPSA) is 98.7 Å². The first-order valence-electron chi connectivity index (χ1n) is 7.89. The normalized spacial score (nSPS) is 10.6. The van der Waals surface area contributed by atoms with Crippen LogP contribution in [-0.2, 0) is 6.54 Å². The number of hydrogen-bond donors (Lipinski definition) is 1. The molecule has 3 aromatic heterocycles. The van der Waals surface area contributed by atoms with Gasteiger partial charge >= 0.3 is 0 Å². The van der Waals surface area contributed by atoms with Crippen molar-refractivity contribution in [3.63, 3.8) is 0 Å². The first kappa shape index (κ1) is 15.7. The molecule has 8 nitrogen and oxygen atoms in total. The molecule has 3 heterocycles. The molecule has 1 amide bonds. The van der Waals surface area contributed by atoms with Gasteiger partial charge in [-0.05, 0) is 12.1 Å². The van der Waals surface area contributed by atoms with Gasteiger partial charge in [0.1, 0.15) is 12.7 Å². The van der Waals surface area contributed by atoms with Crippen LogP contribution in [0.15, 0.2) is 71.9 Å². The molecule has 0 fully saturated rings. The van der Waals surface area contributed by atoms with Crippen molar-refractivity contribution in [2.45, 2.75) is 6.54 Å². The Morgan fingerprint density at radius 1 is 1.15 bits per heavy atom. The minimum Gasteiger partial charge on any atom is -0.439 e. The van der Waals surface area contributed by atoms with E-state index in [1.54, 1.807) is 24.5 Å². The predicted octanol–water partition coefficient (Wildman–Crippen LogP) is 2.25. The molecule has 0 aliphatic rings. The second-order valence-corrected chi connectivity index (χ2v) is 5.41. The smallest absolute Gasteiger partial charge is 0.251 e. The third kappa shape index (κ3) is 3.34. The molecule has 0 radical (unpaired) electrons. The molecule has 1 N–H and O–H groups in total. The van der Waals surface area contributed by atoms with Gasteiger partial charge in [-0.1, -0.05) is 30.3 Å². The first-order valence-corrected chi connectivity index (χ1v) is 7.89. The molecule has 0 unspecified atom stereocenters.